The number of rotatable bonds is 3. The highest BCUT2D eigenvalue weighted by atomic mass is 127. The Kier molecular flexibility index (Phi) is 8.06. The summed E-state index contributed by atoms with van der Waals surface area (Å²) in [6, 6.07) is 0.594. The van der Waals surface area contributed by atoms with E-state index in [-0.39, 0.29) is 24.0 Å². The summed E-state index contributed by atoms with van der Waals surface area (Å²) in [6.07, 6.45) is 7.93. The van der Waals surface area contributed by atoms with Crippen LogP contribution in [0.1, 0.15) is 45.4 Å². The van der Waals surface area contributed by atoms with Gasteiger partial charge in [-0.05, 0) is 44.4 Å². The molecule has 0 aromatic carbocycles. The number of nitrogens with one attached hydrogen (secondary N) is 2. The van der Waals surface area contributed by atoms with Crippen molar-refractivity contribution in [1.29, 1.82) is 0 Å². The van der Waals surface area contributed by atoms with Crippen molar-refractivity contribution in [3.05, 3.63) is 0 Å². The molecule has 1 saturated carbocycles. The van der Waals surface area contributed by atoms with E-state index in [4.69, 9.17) is 4.74 Å². The Balaban J connectivity index is 0.00000180. The maximum absolute atomic E-state index is 5.61. The minimum atomic E-state index is 0. The van der Waals surface area contributed by atoms with Gasteiger partial charge in [0, 0.05) is 26.2 Å². The Morgan fingerprint density at radius 1 is 1.21 bits per heavy atom. The molecule has 19 heavy (non-hydrogen) atoms. The number of ether oxygens (including phenoxy) is 1. The number of guanidine groups is 1. The minimum Gasteiger partial charge on any atom is -0.376 e. The molecule has 5 heteroatoms. The molecule has 2 rings (SSSR count). The molecule has 1 heterocycles. The molecule has 2 aliphatic rings. The molecule has 0 radical (unpaired) electrons. The lowest BCUT2D eigenvalue weighted by Crippen LogP contribution is -2.46. The summed E-state index contributed by atoms with van der Waals surface area (Å²) in [4.78, 5) is 4.30. The van der Waals surface area contributed by atoms with Crippen LogP contribution in [0, 0.1) is 5.92 Å². The van der Waals surface area contributed by atoms with Crippen LogP contribution in [0.4, 0.5) is 0 Å². The third-order valence-corrected chi connectivity index (χ3v) is 4.10. The Morgan fingerprint density at radius 3 is 2.53 bits per heavy atom. The number of hydrogen-bond donors (Lipinski definition) is 2. The molecule has 4 nitrogen and oxygen atoms in total. The molecule has 0 bridgehead atoms. The largest absolute Gasteiger partial charge is 0.376 e. The fraction of sp³-hybridized carbons (Fsp3) is 0.929. The van der Waals surface area contributed by atoms with Gasteiger partial charge in [0.2, 0.25) is 0 Å². The third-order valence-electron chi connectivity index (χ3n) is 4.10. The molecule has 1 aliphatic heterocycles. The standard InChI is InChI=1S/C14H27N3O.HI/c1-11-5-7-12(8-6-11)17-14(15-2)16-10-13-4-3-9-18-13;/h11-13H,3-10H2,1-2H3,(H2,15,16,17);1H. The van der Waals surface area contributed by atoms with E-state index < -0.39 is 0 Å². The number of hydrogen-bond acceptors (Lipinski definition) is 2. The van der Waals surface area contributed by atoms with Gasteiger partial charge in [-0.15, -0.1) is 24.0 Å². The molecule has 1 unspecified atom stereocenters. The average Bonchev–Trinajstić information content (AvgIpc) is 2.90. The van der Waals surface area contributed by atoms with Gasteiger partial charge in [0.15, 0.2) is 5.96 Å². The van der Waals surface area contributed by atoms with Crippen LogP contribution in [0.5, 0.6) is 0 Å². The molecule has 1 saturated heterocycles. The van der Waals surface area contributed by atoms with E-state index in [1.54, 1.807) is 0 Å². The van der Waals surface area contributed by atoms with Gasteiger partial charge in [-0.25, -0.2) is 0 Å². The van der Waals surface area contributed by atoms with Crippen LogP contribution in [0.3, 0.4) is 0 Å². The van der Waals surface area contributed by atoms with Crippen LogP contribution >= 0.6 is 24.0 Å². The van der Waals surface area contributed by atoms with Gasteiger partial charge in [0.05, 0.1) is 6.10 Å². The van der Waals surface area contributed by atoms with E-state index in [9.17, 15) is 0 Å². The third kappa shape index (κ3) is 5.85. The van der Waals surface area contributed by atoms with E-state index in [0.717, 1.165) is 25.0 Å². The molecular formula is C14H28IN3O. The summed E-state index contributed by atoms with van der Waals surface area (Å²) in [5, 5.41) is 6.92. The summed E-state index contributed by atoms with van der Waals surface area (Å²) < 4.78 is 5.61. The summed E-state index contributed by atoms with van der Waals surface area (Å²) in [6.45, 7) is 4.14. The highest BCUT2D eigenvalue weighted by Crippen LogP contribution is 2.23. The molecule has 0 amide bonds. The van der Waals surface area contributed by atoms with Gasteiger partial charge in [-0.3, -0.25) is 4.99 Å². The smallest absolute Gasteiger partial charge is 0.191 e. The van der Waals surface area contributed by atoms with E-state index in [0.29, 0.717) is 12.1 Å². The predicted molar refractivity (Wildman–Crippen MR) is 90.3 cm³/mol. The van der Waals surface area contributed by atoms with Gasteiger partial charge in [-0.2, -0.15) is 0 Å². The molecule has 2 fully saturated rings. The van der Waals surface area contributed by atoms with Gasteiger partial charge < -0.3 is 15.4 Å². The van der Waals surface area contributed by atoms with Crippen molar-refractivity contribution in [3.8, 4) is 0 Å². The maximum atomic E-state index is 5.61. The maximum Gasteiger partial charge on any atom is 0.191 e. The molecule has 1 atom stereocenters. The Labute approximate surface area is 134 Å². The highest BCUT2D eigenvalue weighted by molar-refractivity contribution is 14.0. The second kappa shape index (κ2) is 9.00. The Morgan fingerprint density at radius 2 is 1.95 bits per heavy atom. The van der Waals surface area contributed by atoms with Gasteiger partial charge >= 0.3 is 0 Å². The second-order valence-electron chi connectivity index (χ2n) is 5.69. The van der Waals surface area contributed by atoms with Crippen LogP contribution in [0.15, 0.2) is 4.99 Å². The average molecular weight is 381 g/mol. The van der Waals surface area contributed by atoms with Crippen LogP contribution in [0.2, 0.25) is 0 Å². The van der Waals surface area contributed by atoms with Crippen LogP contribution in [0.25, 0.3) is 0 Å². The van der Waals surface area contributed by atoms with E-state index in [2.05, 4.69) is 22.5 Å². The van der Waals surface area contributed by atoms with Gasteiger partial charge in [0.1, 0.15) is 0 Å². The zero-order valence-corrected chi connectivity index (χ0v) is 14.5. The first-order chi connectivity index (χ1) is 8.78. The molecule has 2 N–H and O–H groups in total. The van der Waals surface area contributed by atoms with Crippen LogP contribution in [-0.2, 0) is 4.74 Å². The normalized spacial score (nSPS) is 31.7. The van der Waals surface area contributed by atoms with Crippen molar-refractivity contribution in [3.63, 3.8) is 0 Å². The first-order valence-electron chi connectivity index (χ1n) is 7.36. The molecule has 1 aliphatic carbocycles. The quantitative estimate of drug-likeness (QED) is 0.449. The molecular weight excluding hydrogens is 353 g/mol. The van der Waals surface area contributed by atoms with E-state index in [1.807, 2.05) is 7.05 Å². The molecule has 0 spiro atoms. The summed E-state index contributed by atoms with van der Waals surface area (Å²) in [7, 11) is 1.84. The van der Waals surface area contributed by atoms with Crippen molar-refractivity contribution in [2.75, 3.05) is 20.2 Å². The van der Waals surface area contributed by atoms with Crippen LogP contribution < -0.4 is 10.6 Å². The number of nitrogens with zero attached hydrogens (tertiary/aromatic N) is 1. The topological polar surface area (TPSA) is 45.7 Å². The lowest BCUT2D eigenvalue weighted by molar-refractivity contribution is 0.113. The Hall–Kier alpha value is -0.0400. The van der Waals surface area contributed by atoms with Crippen molar-refractivity contribution in [2.24, 2.45) is 10.9 Å². The number of aliphatic imine (C=N–C) groups is 1. The summed E-state index contributed by atoms with van der Waals surface area (Å²) in [5.74, 6) is 1.83. The second-order valence-corrected chi connectivity index (χ2v) is 5.69. The van der Waals surface area contributed by atoms with Crippen LogP contribution in [-0.4, -0.2) is 38.3 Å². The summed E-state index contributed by atoms with van der Waals surface area (Å²) in [5.41, 5.74) is 0. The zero-order valence-electron chi connectivity index (χ0n) is 12.2. The van der Waals surface area contributed by atoms with E-state index >= 15 is 0 Å². The lowest BCUT2D eigenvalue weighted by atomic mass is 9.87. The van der Waals surface area contributed by atoms with Gasteiger partial charge in [-0.1, -0.05) is 6.92 Å². The van der Waals surface area contributed by atoms with Crippen molar-refractivity contribution in [1.82, 2.24) is 10.6 Å². The van der Waals surface area contributed by atoms with Crippen molar-refractivity contribution in [2.45, 2.75) is 57.6 Å². The first kappa shape index (κ1) is 17.0. The van der Waals surface area contributed by atoms with Crippen molar-refractivity contribution >= 4 is 29.9 Å². The zero-order chi connectivity index (χ0) is 12.8. The minimum absolute atomic E-state index is 0. The number of halogens is 1. The molecule has 0 aromatic rings. The van der Waals surface area contributed by atoms with Gasteiger partial charge in [0.25, 0.3) is 0 Å². The molecule has 112 valence electrons. The lowest BCUT2D eigenvalue weighted by Gasteiger charge is -2.28. The SMILES string of the molecule is CN=C(NCC1CCCO1)NC1CCC(C)CC1.I. The first-order valence-corrected chi connectivity index (χ1v) is 7.36. The molecule has 0 aromatic heterocycles. The Bertz CT molecular complexity index is 272. The predicted octanol–water partition coefficient (Wildman–Crippen LogP) is 2.53. The fourth-order valence-electron chi connectivity index (χ4n) is 2.81. The monoisotopic (exact) mass is 381 g/mol. The highest BCUT2D eigenvalue weighted by Gasteiger charge is 2.20. The van der Waals surface area contributed by atoms with E-state index in [1.165, 1.54) is 38.5 Å². The van der Waals surface area contributed by atoms with Crippen molar-refractivity contribution < 1.29 is 4.74 Å². The summed E-state index contributed by atoms with van der Waals surface area (Å²) >= 11 is 0. The fourth-order valence-corrected chi connectivity index (χ4v) is 2.81.